The van der Waals surface area contributed by atoms with E-state index in [1.54, 1.807) is 45.0 Å². The molecule has 2 radical (unpaired) electrons. The number of amides is 3. The molecule has 2 N–H and O–H groups in total. The number of fused-ring (bicyclic) bond motifs is 2. The van der Waals surface area contributed by atoms with Gasteiger partial charge in [0.15, 0.2) is 23.6 Å². The van der Waals surface area contributed by atoms with Crippen LogP contribution in [-0.2, 0) is 62.6 Å². The molecule has 2 unspecified atom stereocenters. The van der Waals surface area contributed by atoms with Gasteiger partial charge in [-0.2, -0.15) is 4.57 Å². The smallest absolute Gasteiger partial charge is 0.413 e. The number of aromatic nitrogens is 3. The number of hydrogen-bond acceptors (Lipinski definition) is 15. The van der Waals surface area contributed by atoms with Crippen molar-refractivity contribution in [1.82, 2.24) is 19.8 Å². The van der Waals surface area contributed by atoms with Crippen molar-refractivity contribution in [2.24, 2.45) is 5.16 Å². The van der Waals surface area contributed by atoms with Crippen LogP contribution in [0.2, 0.25) is 4.34 Å². The van der Waals surface area contributed by atoms with Crippen LogP contribution in [0, 0.1) is 0 Å². The number of carbonyl (C=O) groups is 6. The number of nitrogens with one attached hydrogen (secondary N) is 2. The number of Topliss-reactive ketones (excluding diaryl/α,β-unsaturated/α-hetero) is 1. The number of thioether (sulfide) groups is 1. The van der Waals surface area contributed by atoms with Crippen LogP contribution in [0.5, 0.6) is 5.75 Å². The number of pyridine rings is 1. The number of ketones is 1. The van der Waals surface area contributed by atoms with Gasteiger partial charge in [0.2, 0.25) is 11.6 Å². The van der Waals surface area contributed by atoms with Crippen molar-refractivity contribution in [1.29, 1.82) is 0 Å². The largest absolute Gasteiger partial charge is 0.541 e. The van der Waals surface area contributed by atoms with Gasteiger partial charge >= 0.3 is 26.1 Å². The van der Waals surface area contributed by atoms with Crippen LogP contribution in [0.25, 0.3) is 11.0 Å². The molecular weight excluding hydrogens is 853 g/mol. The minimum atomic E-state index is -1.38. The molecule has 0 spiro atoms. The predicted molar refractivity (Wildman–Crippen MR) is 224 cm³/mol. The number of carbonyl (C=O) groups excluding carboxylic acids is 6. The number of ether oxygens (including phenoxy) is 3. The summed E-state index contributed by atoms with van der Waals surface area (Å²) in [5, 5.41) is 8.10. The topological polar surface area (TPSA) is 210 Å². The maximum Gasteiger partial charge on any atom is 0.413 e. The standard InChI is InChI=1S/C39H39BClN7O11S2/c1-20(49)16-47-15-13-26-25(47)8-7-14-46(26)17-23-19-60-34-29(33(51)48(34)30(23)36(53)56-18-22-9-11-24(55-6)12-10-22)42-32(50)28(45-59-21(2)35(52)58-40)27-31(41)61-37(43-27)44-38(54)57-39(3,4)5/h7-15,21,29,34H,16-19H2,1-6H3,(H-,42,43,44,50,54)/p+1/b45-28-/t21-,29?,34?/m0/s1. The third kappa shape index (κ3) is 10.3. The fourth-order valence-electron chi connectivity index (χ4n) is 6.23. The maximum atomic E-state index is 14.1. The Morgan fingerprint density at radius 1 is 1.13 bits per heavy atom. The Labute approximate surface area is 363 Å². The van der Waals surface area contributed by atoms with E-state index in [0.717, 1.165) is 22.4 Å². The minimum absolute atomic E-state index is 0.0171. The predicted octanol–water partition coefficient (Wildman–Crippen LogP) is 3.82. The van der Waals surface area contributed by atoms with Gasteiger partial charge in [-0.25, -0.2) is 19.4 Å². The van der Waals surface area contributed by atoms with Gasteiger partial charge in [0.25, 0.3) is 11.8 Å². The Kier molecular flexibility index (Phi) is 13.7. The lowest BCUT2D eigenvalue weighted by molar-refractivity contribution is -0.663. The van der Waals surface area contributed by atoms with Crippen molar-refractivity contribution in [3.63, 3.8) is 0 Å². The number of rotatable bonds is 15. The van der Waals surface area contributed by atoms with Crippen LogP contribution in [0.1, 0.15) is 45.9 Å². The molecule has 3 amide bonds. The number of hydrogen-bond donors (Lipinski definition) is 2. The fourth-order valence-corrected chi connectivity index (χ4v) is 8.60. The van der Waals surface area contributed by atoms with E-state index in [1.807, 2.05) is 39.7 Å². The van der Waals surface area contributed by atoms with Crippen LogP contribution >= 0.6 is 34.7 Å². The molecule has 0 aliphatic carbocycles. The Balaban J connectivity index is 1.28. The van der Waals surface area contributed by atoms with Crippen molar-refractivity contribution in [3.8, 4) is 5.75 Å². The second-order valence-corrected chi connectivity index (χ2v) is 17.4. The van der Waals surface area contributed by atoms with Crippen molar-refractivity contribution >= 4 is 100 Å². The number of oxime groups is 1. The van der Waals surface area contributed by atoms with E-state index in [9.17, 15) is 28.8 Å². The summed E-state index contributed by atoms with van der Waals surface area (Å²) >= 11 is 8.58. The highest BCUT2D eigenvalue weighted by molar-refractivity contribution is 8.00. The average Bonchev–Trinajstić information content (AvgIpc) is 3.79. The zero-order valence-electron chi connectivity index (χ0n) is 33.8. The summed E-state index contributed by atoms with van der Waals surface area (Å²) < 4.78 is 24.1. The van der Waals surface area contributed by atoms with Crippen LogP contribution in [0.3, 0.4) is 0 Å². The van der Waals surface area contributed by atoms with Crippen LogP contribution < -0.4 is 19.9 Å². The highest BCUT2D eigenvalue weighted by Crippen LogP contribution is 2.41. The molecular formula is C39H40BClN7O11S2+. The van der Waals surface area contributed by atoms with E-state index in [4.69, 9.17) is 38.7 Å². The van der Waals surface area contributed by atoms with E-state index in [0.29, 0.717) is 16.9 Å². The zero-order valence-corrected chi connectivity index (χ0v) is 36.1. The second kappa shape index (κ2) is 18.8. The number of anilines is 1. The van der Waals surface area contributed by atoms with Crippen molar-refractivity contribution in [2.75, 3.05) is 18.2 Å². The first-order valence-electron chi connectivity index (χ1n) is 18.5. The lowest BCUT2D eigenvalue weighted by Crippen LogP contribution is -2.71. The van der Waals surface area contributed by atoms with Gasteiger partial charge < -0.3 is 33.6 Å². The summed E-state index contributed by atoms with van der Waals surface area (Å²) in [7, 11) is 6.52. The number of halogens is 1. The molecule has 22 heteroatoms. The lowest BCUT2D eigenvalue weighted by atomic mass is 10.0. The maximum absolute atomic E-state index is 14.1. The molecule has 18 nitrogen and oxygen atoms in total. The van der Waals surface area contributed by atoms with Crippen molar-refractivity contribution in [3.05, 3.63) is 81.7 Å². The third-order valence-corrected chi connectivity index (χ3v) is 11.5. The molecule has 1 aromatic carbocycles. The van der Waals surface area contributed by atoms with Gasteiger partial charge in [-0.15, -0.1) is 11.8 Å². The summed E-state index contributed by atoms with van der Waals surface area (Å²) in [5.41, 5.74) is 1.23. The first-order chi connectivity index (χ1) is 29.0. The number of nitrogens with zero attached hydrogens (tertiary/aromatic N) is 5. The van der Waals surface area contributed by atoms with Crippen molar-refractivity contribution in [2.45, 2.75) is 77.4 Å². The van der Waals surface area contributed by atoms with E-state index in [1.165, 1.54) is 37.6 Å². The Morgan fingerprint density at radius 3 is 2.54 bits per heavy atom. The van der Waals surface area contributed by atoms with Gasteiger partial charge in [0.1, 0.15) is 56.4 Å². The number of esters is 1. The first-order valence-corrected chi connectivity index (χ1v) is 20.8. The van der Waals surface area contributed by atoms with E-state index >= 15 is 0 Å². The number of methoxy groups -OCH3 is 1. The molecule has 2 aliphatic heterocycles. The summed E-state index contributed by atoms with van der Waals surface area (Å²) in [4.78, 5) is 89.4. The van der Waals surface area contributed by atoms with Crippen molar-refractivity contribution < 1.29 is 57.0 Å². The van der Waals surface area contributed by atoms with E-state index in [-0.39, 0.29) is 52.1 Å². The molecule has 3 aromatic heterocycles. The number of thiazole rings is 1. The quantitative estimate of drug-likeness (QED) is 0.0435. The lowest BCUT2D eigenvalue weighted by Gasteiger charge is -2.49. The summed E-state index contributed by atoms with van der Waals surface area (Å²) in [6.45, 7) is 8.04. The Hall–Kier alpha value is -5.93. The molecule has 0 bridgehead atoms. The Morgan fingerprint density at radius 2 is 1.87 bits per heavy atom. The molecule has 1 fully saturated rings. The second-order valence-electron chi connectivity index (χ2n) is 14.7. The molecule has 0 saturated carbocycles. The number of benzene rings is 1. The normalized spacial score (nSPS) is 16.9. The van der Waals surface area contributed by atoms with Gasteiger partial charge in [-0.3, -0.25) is 24.6 Å². The molecule has 318 valence electrons. The number of β-lactam (4-membered cyclic amide) rings is 1. The molecule has 5 heterocycles. The van der Waals surface area contributed by atoms with E-state index < -0.39 is 58.7 Å². The summed E-state index contributed by atoms with van der Waals surface area (Å²) in [6, 6.07) is 11.3. The molecule has 6 rings (SSSR count). The summed E-state index contributed by atoms with van der Waals surface area (Å²) in [5.74, 6) is -2.53. The average molecular weight is 893 g/mol. The molecule has 3 atom stereocenters. The zero-order chi connectivity index (χ0) is 44.2. The van der Waals surface area contributed by atoms with Gasteiger partial charge in [0.05, 0.1) is 13.7 Å². The van der Waals surface area contributed by atoms with Crippen LogP contribution in [0.4, 0.5) is 9.93 Å². The SMILES string of the molecule is [B]OC(=O)[C@H](C)O/N=C(\C(=O)NC1C(=O)N2C(C(=O)OCc3ccc(OC)cc3)=C(C[n+]3cccc4c3ccn4CC(C)=O)CSC12)c1nc(NC(=O)OC(C)(C)C)sc1Cl. The van der Waals surface area contributed by atoms with Gasteiger partial charge in [-0.1, -0.05) is 40.2 Å². The summed E-state index contributed by atoms with van der Waals surface area (Å²) in [6.07, 6.45) is 1.42. The Bertz CT molecular complexity index is 2450. The minimum Gasteiger partial charge on any atom is -0.541 e. The van der Waals surface area contributed by atoms with Crippen LogP contribution in [-0.4, -0.2) is 99.8 Å². The fraction of sp³-hybridized carbons (Fsp3) is 0.359. The van der Waals surface area contributed by atoms with E-state index in [2.05, 4.69) is 25.4 Å². The van der Waals surface area contributed by atoms with Crippen LogP contribution in [0.15, 0.2) is 71.3 Å². The molecule has 1 saturated heterocycles. The highest BCUT2D eigenvalue weighted by Gasteiger charge is 2.55. The third-order valence-electron chi connectivity index (χ3n) is 9.01. The molecule has 61 heavy (non-hydrogen) atoms. The first kappa shape index (κ1) is 44.6. The van der Waals surface area contributed by atoms with Gasteiger partial charge in [-0.05, 0) is 58.4 Å². The highest BCUT2D eigenvalue weighted by atomic mass is 35.5. The molecule has 2 aliphatic rings. The molecule has 4 aromatic rings. The monoisotopic (exact) mass is 892 g/mol. The van der Waals surface area contributed by atoms with Gasteiger partial charge in [0, 0.05) is 29.7 Å².